The maximum absolute atomic E-state index is 11.1. The van der Waals surface area contributed by atoms with E-state index in [1.165, 1.54) is 6.26 Å². The molecule has 0 aliphatic carbocycles. The van der Waals surface area contributed by atoms with Crippen LogP contribution < -0.4 is 10.8 Å². The highest BCUT2D eigenvalue weighted by atomic mass is 32.2. The summed E-state index contributed by atoms with van der Waals surface area (Å²) in [6.07, 6.45) is 1.99. The van der Waals surface area contributed by atoms with Crippen LogP contribution in [0.4, 0.5) is 0 Å². The molecule has 1 amide bonds. The number of hydroxylamine groups is 1. The van der Waals surface area contributed by atoms with Gasteiger partial charge in [-0.05, 0) is 13.5 Å². The molecule has 2 N–H and O–H groups in total. The second kappa shape index (κ2) is 6.10. The average Bonchev–Trinajstić information content (AvgIpc) is 2.03. The summed E-state index contributed by atoms with van der Waals surface area (Å²) in [7, 11) is 1.68. The number of rotatable bonds is 5. The van der Waals surface area contributed by atoms with Crippen LogP contribution in [0.25, 0.3) is 0 Å². The van der Waals surface area contributed by atoms with E-state index in [0.29, 0.717) is 6.42 Å². The van der Waals surface area contributed by atoms with Crippen molar-refractivity contribution in [3.8, 4) is 0 Å². The summed E-state index contributed by atoms with van der Waals surface area (Å²) in [6.45, 7) is 1.86. The Labute approximate surface area is 74.5 Å². The molecule has 0 rings (SSSR count). The smallest absolute Gasteiger partial charge is 0.261 e. The van der Waals surface area contributed by atoms with Gasteiger partial charge in [-0.15, -0.1) is 0 Å². The Morgan fingerprint density at radius 1 is 1.67 bits per heavy atom. The van der Waals surface area contributed by atoms with Crippen LogP contribution in [0.1, 0.15) is 13.3 Å². The molecule has 0 fully saturated rings. The predicted octanol–water partition coefficient (Wildman–Crippen LogP) is -0.674. The monoisotopic (exact) mass is 194 g/mol. The van der Waals surface area contributed by atoms with Crippen molar-refractivity contribution in [1.29, 1.82) is 0 Å². The van der Waals surface area contributed by atoms with Crippen molar-refractivity contribution in [2.45, 2.75) is 19.4 Å². The van der Waals surface area contributed by atoms with Crippen LogP contribution in [0, 0.1) is 0 Å². The van der Waals surface area contributed by atoms with Crippen LogP contribution in [0.3, 0.4) is 0 Å². The van der Waals surface area contributed by atoms with Crippen LogP contribution in [-0.2, 0) is 20.2 Å². The van der Waals surface area contributed by atoms with E-state index in [4.69, 9.17) is 0 Å². The van der Waals surface area contributed by atoms with Gasteiger partial charge in [-0.3, -0.25) is 4.79 Å². The Bertz CT molecular complexity index is 170. The summed E-state index contributed by atoms with van der Waals surface area (Å²) in [6, 6.07) is -0.298. The second-order valence-electron chi connectivity index (χ2n) is 2.20. The fourth-order valence-electron chi connectivity index (χ4n) is 0.691. The number of likely N-dealkylation sites (N-methyl/N-ethyl adjacent to an activating group) is 1. The van der Waals surface area contributed by atoms with Gasteiger partial charge < -0.3 is 5.32 Å². The standard InChI is InChI=1S/C6H14N2O3S/c1-4-5(7-2)6(9)8-11-12(3)10/h5,7H,4H2,1-3H3,(H,8,9). The van der Waals surface area contributed by atoms with Gasteiger partial charge in [-0.25, -0.2) is 9.69 Å². The van der Waals surface area contributed by atoms with Gasteiger partial charge >= 0.3 is 0 Å². The zero-order valence-corrected chi connectivity index (χ0v) is 8.23. The van der Waals surface area contributed by atoms with E-state index >= 15 is 0 Å². The molecule has 5 nitrogen and oxygen atoms in total. The molecule has 12 heavy (non-hydrogen) atoms. The molecule has 0 spiro atoms. The summed E-state index contributed by atoms with van der Waals surface area (Å²) in [5.74, 6) is -0.310. The lowest BCUT2D eigenvalue weighted by atomic mass is 10.2. The van der Waals surface area contributed by atoms with E-state index < -0.39 is 11.1 Å². The number of nitrogens with one attached hydrogen (secondary N) is 2. The van der Waals surface area contributed by atoms with Crippen molar-refractivity contribution in [3.63, 3.8) is 0 Å². The maximum Gasteiger partial charge on any atom is 0.261 e. The van der Waals surface area contributed by atoms with Crippen LogP contribution in [0.2, 0.25) is 0 Å². The van der Waals surface area contributed by atoms with Gasteiger partial charge in [-0.2, -0.15) is 4.28 Å². The first-order valence-electron chi connectivity index (χ1n) is 3.59. The highest BCUT2D eigenvalue weighted by Gasteiger charge is 2.13. The minimum absolute atomic E-state index is 0.298. The Balaban J connectivity index is 3.77. The fraction of sp³-hybridized carbons (Fsp3) is 0.833. The molecular formula is C6H14N2O3S. The Kier molecular flexibility index (Phi) is 5.87. The van der Waals surface area contributed by atoms with Crippen molar-refractivity contribution in [1.82, 2.24) is 10.8 Å². The molecule has 2 atom stereocenters. The van der Waals surface area contributed by atoms with Crippen LogP contribution >= 0.6 is 0 Å². The number of hydrogen-bond donors (Lipinski definition) is 2. The molecule has 0 aliphatic heterocycles. The Hall–Kier alpha value is -0.460. The topological polar surface area (TPSA) is 67.4 Å². The quantitative estimate of drug-likeness (QED) is 0.569. The number of carbonyl (C=O) groups excluding carboxylic acids is 1. The normalized spacial score (nSPS) is 15.2. The van der Waals surface area contributed by atoms with Crippen molar-refractivity contribution >= 4 is 17.0 Å². The third-order valence-electron chi connectivity index (χ3n) is 1.33. The first kappa shape index (κ1) is 11.5. The number of carbonyl (C=O) groups is 1. The van der Waals surface area contributed by atoms with Gasteiger partial charge in [-0.1, -0.05) is 6.92 Å². The third kappa shape index (κ3) is 4.42. The van der Waals surface area contributed by atoms with Gasteiger partial charge in [0.15, 0.2) is 11.1 Å². The lowest BCUT2D eigenvalue weighted by Gasteiger charge is -2.11. The molecule has 0 radical (unpaired) electrons. The van der Waals surface area contributed by atoms with E-state index in [2.05, 4.69) is 15.1 Å². The van der Waals surface area contributed by atoms with Gasteiger partial charge in [0.05, 0.1) is 6.04 Å². The number of hydrogen-bond acceptors (Lipinski definition) is 4. The van der Waals surface area contributed by atoms with Crippen LogP contribution in [0.15, 0.2) is 0 Å². The van der Waals surface area contributed by atoms with E-state index in [0.717, 1.165) is 0 Å². The zero-order chi connectivity index (χ0) is 9.56. The van der Waals surface area contributed by atoms with E-state index in [1.807, 2.05) is 6.92 Å². The molecule has 0 saturated heterocycles. The highest BCUT2D eigenvalue weighted by Crippen LogP contribution is 1.89. The molecule has 2 unspecified atom stereocenters. The fourth-order valence-corrected chi connectivity index (χ4v) is 0.891. The zero-order valence-electron chi connectivity index (χ0n) is 7.42. The Morgan fingerprint density at radius 2 is 2.25 bits per heavy atom. The predicted molar refractivity (Wildman–Crippen MR) is 46.4 cm³/mol. The van der Waals surface area contributed by atoms with Gasteiger partial charge in [0.2, 0.25) is 0 Å². The molecule has 0 bridgehead atoms. The number of amides is 1. The molecule has 6 heteroatoms. The lowest BCUT2D eigenvalue weighted by Crippen LogP contribution is -2.42. The van der Waals surface area contributed by atoms with E-state index in [9.17, 15) is 9.00 Å². The average molecular weight is 194 g/mol. The second-order valence-corrected chi connectivity index (χ2v) is 3.17. The van der Waals surface area contributed by atoms with Gasteiger partial charge in [0, 0.05) is 6.26 Å². The van der Waals surface area contributed by atoms with E-state index in [-0.39, 0.29) is 11.9 Å². The first-order valence-corrected chi connectivity index (χ1v) is 5.08. The maximum atomic E-state index is 11.1. The minimum Gasteiger partial charge on any atom is -0.309 e. The molecule has 0 aromatic carbocycles. The summed E-state index contributed by atoms with van der Waals surface area (Å²) in [5, 5.41) is 2.78. The van der Waals surface area contributed by atoms with Crippen molar-refractivity contribution in [2.75, 3.05) is 13.3 Å². The van der Waals surface area contributed by atoms with Crippen LogP contribution in [-0.4, -0.2) is 29.5 Å². The summed E-state index contributed by atoms with van der Waals surface area (Å²) in [4.78, 5) is 11.1. The summed E-state index contributed by atoms with van der Waals surface area (Å²) < 4.78 is 14.8. The van der Waals surface area contributed by atoms with Crippen LogP contribution in [0.5, 0.6) is 0 Å². The SMILES string of the molecule is CCC(NC)C(=O)NOS(C)=O. The third-order valence-corrected chi connectivity index (χ3v) is 1.65. The molecule has 0 aromatic heterocycles. The summed E-state index contributed by atoms with van der Waals surface area (Å²) >= 11 is -1.47. The van der Waals surface area contributed by atoms with Crippen molar-refractivity contribution in [2.24, 2.45) is 0 Å². The molecule has 0 aliphatic rings. The molecule has 0 aromatic rings. The molecule has 0 saturated carbocycles. The summed E-state index contributed by atoms with van der Waals surface area (Å²) in [5.41, 5.74) is 2.08. The lowest BCUT2D eigenvalue weighted by molar-refractivity contribution is -0.129. The largest absolute Gasteiger partial charge is 0.309 e. The highest BCUT2D eigenvalue weighted by molar-refractivity contribution is 7.79. The van der Waals surface area contributed by atoms with Crippen molar-refractivity contribution in [3.05, 3.63) is 0 Å². The van der Waals surface area contributed by atoms with Crippen molar-refractivity contribution < 1.29 is 13.3 Å². The Morgan fingerprint density at radius 3 is 2.58 bits per heavy atom. The van der Waals surface area contributed by atoms with Gasteiger partial charge in [0.25, 0.3) is 5.91 Å². The molecule has 0 heterocycles. The van der Waals surface area contributed by atoms with E-state index in [1.54, 1.807) is 7.05 Å². The molecule has 72 valence electrons. The first-order chi connectivity index (χ1) is 5.61. The minimum atomic E-state index is -1.47. The molecular weight excluding hydrogens is 180 g/mol. The van der Waals surface area contributed by atoms with Gasteiger partial charge in [0.1, 0.15) is 0 Å².